The van der Waals surface area contributed by atoms with Crippen LogP contribution in [0.25, 0.3) is 0 Å². The summed E-state index contributed by atoms with van der Waals surface area (Å²) in [4.78, 5) is 12.4. The van der Waals surface area contributed by atoms with Crippen LogP contribution in [0.5, 0.6) is 0 Å². The Kier molecular flexibility index (Phi) is 7.04. The fourth-order valence-electron chi connectivity index (χ4n) is 1.84. The number of sulfone groups is 1. The number of carbonyl (C=O) groups excluding carboxylic acids is 1. The van der Waals surface area contributed by atoms with Crippen LogP contribution in [-0.4, -0.2) is 38.3 Å². The summed E-state index contributed by atoms with van der Waals surface area (Å²) in [5.41, 5.74) is 0. The van der Waals surface area contributed by atoms with Crippen LogP contribution in [0.1, 0.15) is 34.1 Å². The van der Waals surface area contributed by atoms with Crippen LogP contribution in [0.3, 0.4) is 0 Å². The van der Waals surface area contributed by atoms with Crippen LogP contribution in [0.15, 0.2) is 29.2 Å². The molecule has 0 aromatic heterocycles. The van der Waals surface area contributed by atoms with E-state index in [1.807, 2.05) is 13.8 Å². The molecule has 0 heterocycles. The lowest BCUT2D eigenvalue weighted by Crippen LogP contribution is -2.48. The lowest BCUT2D eigenvalue weighted by Gasteiger charge is -2.24. The highest BCUT2D eigenvalue weighted by Crippen LogP contribution is 2.26. The normalized spacial score (nSPS) is 12.4. The molecule has 0 saturated heterocycles. The highest BCUT2D eigenvalue weighted by atomic mass is 35.5. The molecule has 0 aliphatic heterocycles. The SMILES string of the molecule is CC(C)OCCCNC(=O)C(C)(C)S(=O)(=O)c1ccc(Cl)cc1. The molecule has 23 heavy (non-hydrogen) atoms. The Morgan fingerprint density at radius 1 is 1.26 bits per heavy atom. The number of carbonyl (C=O) groups is 1. The number of amides is 1. The molecule has 5 nitrogen and oxygen atoms in total. The maximum atomic E-state index is 12.7. The Labute approximate surface area is 143 Å². The van der Waals surface area contributed by atoms with Crippen molar-refractivity contribution in [3.05, 3.63) is 29.3 Å². The minimum absolute atomic E-state index is 0.0743. The summed E-state index contributed by atoms with van der Waals surface area (Å²) in [6.45, 7) is 7.54. The smallest absolute Gasteiger partial charge is 0.241 e. The van der Waals surface area contributed by atoms with Gasteiger partial charge in [0.05, 0.1) is 11.0 Å². The number of rotatable bonds is 8. The van der Waals surface area contributed by atoms with Gasteiger partial charge in [0.25, 0.3) is 0 Å². The fourth-order valence-corrected chi connectivity index (χ4v) is 3.36. The number of ether oxygens (including phenoxy) is 1. The first-order chi connectivity index (χ1) is 10.6. The molecule has 1 aromatic rings. The van der Waals surface area contributed by atoms with E-state index in [1.165, 1.54) is 38.1 Å². The van der Waals surface area contributed by atoms with Crippen molar-refractivity contribution in [2.24, 2.45) is 0 Å². The average molecular weight is 362 g/mol. The molecule has 0 aliphatic carbocycles. The van der Waals surface area contributed by atoms with Crippen molar-refractivity contribution in [1.82, 2.24) is 5.32 Å². The molecule has 0 aliphatic rings. The van der Waals surface area contributed by atoms with Gasteiger partial charge in [0.15, 0.2) is 9.84 Å². The zero-order valence-corrected chi connectivity index (χ0v) is 15.5. The van der Waals surface area contributed by atoms with Crippen molar-refractivity contribution < 1.29 is 17.9 Å². The van der Waals surface area contributed by atoms with Crippen molar-refractivity contribution in [2.75, 3.05) is 13.2 Å². The van der Waals surface area contributed by atoms with Crippen molar-refractivity contribution in [2.45, 2.75) is 49.9 Å². The van der Waals surface area contributed by atoms with E-state index in [-0.39, 0.29) is 11.0 Å². The fraction of sp³-hybridized carbons (Fsp3) is 0.562. The van der Waals surface area contributed by atoms with Gasteiger partial charge >= 0.3 is 0 Å². The number of hydrogen-bond donors (Lipinski definition) is 1. The summed E-state index contributed by atoms with van der Waals surface area (Å²) >= 11 is 5.77. The van der Waals surface area contributed by atoms with Gasteiger partial charge in [-0.3, -0.25) is 4.79 Å². The van der Waals surface area contributed by atoms with Gasteiger partial charge < -0.3 is 10.1 Å². The molecule has 0 bridgehead atoms. The molecule has 1 rings (SSSR count). The Morgan fingerprint density at radius 2 is 1.83 bits per heavy atom. The van der Waals surface area contributed by atoms with E-state index in [2.05, 4.69) is 5.32 Å². The van der Waals surface area contributed by atoms with Gasteiger partial charge in [-0.1, -0.05) is 11.6 Å². The summed E-state index contributed by atoms with van der Waals surface area (Å²) in [6.07, 6.45) is 0.758. The third-order valence-corrected chi connectivity index (χ3v) is 6.07. The minimum atomic E-state index is -3.81. The molecule has 7 heteroatoms. The Hall–Kier alpha value is -1.11. The molecule has 0 unspecified atom stereocenters. The predicted molar refractivity (Wildman–Crippen MR) is 91.4 cm³/mol. The maximum Gasteiger partial charge on any atom is 0.241 e. The van der Waals surface area contributed by atoms with E-state index in [9.17, 15) is 13.2 Å². The average Bonchev–Trinajstić information content (AvgIpc) is 2.46. The van der Waals surface area contributed by atoms with Crippen molar-refractivity contribution in [3.8, 4) is 0 Å². The monoisotopic (exact) mass is 361 g/mol. The topological polar surface area (TPSA) is 72.5 Å². The van der Waals surface area contributed by atoms with E-state index < -0.39 is 20.5 Å². The van der Waals surface area contributed by atoms with E-state index in [0.29, 0.717) is 24.6 Å². The molecular formula is C16H24ClNO4S. The van der Waals surface area contributed by atoms with Crippen molar-refractivity contribution in [3.63, 3.8) is 0 Å². The molecule has 1 N–H and O–H groups in total. The van der Waals surface area contributed by atoms with Crippen molar-refractivity contribution in [1.29, 1.82) is 0 Å². The molecule has 1 aromatic carbocycles. The van der Waals surface area contributed by atoms with Gasteiger partial charge in [-0.05, 0) is 58.4 Å². The van der Waals surface area contributed by atoms with E-state index >= 15 is 0 Å². The van der Waals surface area contributed by atoms with Gasteiger partial charge in [-0.15, -0.1) is 0 Å². The van der Waals surface area contributed by atoms with Gasteiger partial charge in [0, 0.05) is 18.2 Å². The maximum absolute atomic E-state index is 12.7. The number of benzene rings is 1. The second-order valence-electron chi connectivity index (χ2n) is 6.00. The first-order valence-electron chi connectivity index (χ1n) is 7.49. The van der Waals surface area contributed by atoms with Crippen LogP contribution in [0.4, 0.5) is 0 Å². The van der Waals surface area contributed by atoms with Gasteiger partial charge in [0.1, 0.15) is 4.75 Å². The highest BCUT2D eigenvalue weighted by Gasteiger charge is 2.42. The quantitative estimate of drug-likeness (QED) is 0.722. The molecule has 130 valence electrons. The summed E-state index contributed by atoms with van der Waals surface area (Å²) in [5.74, 6) is -0.531. The van der Waals surface area contributed by atoms with E-state index in [4.69, 9.17) is 16.3 Å². The first-order valence-corrected chi connectivity index (χ1v) is 9.35. The second kappa shape index (κ2) is 8.13. The Morgan fingerprint density at radius 3 is 2.35 bits per heavy atom. The van der Waals surface area contributed by atoms with E-state index in [1.54, 1.807) is 0 Å². The van der Waals surface area contributed by atoms with Crippen molar-refractivity contribution >= 4 is 27.3 Å². The Bertz CT molecular complexity index is 624. The zero-order valence-electron chi connectivity index (χ0n) is 13.9. The third kappa shape index (κ3) is 5.19. The summed E-state index contributed by atoms with van der Waals surface area (Å²) < 4.78 is 29.1. The summed E-state index contributed by atoms with van der Waals surface area (Å²) in [5, 5.41) is 3.10. The molecule has 0 saturated carbocycles. The molecule has 1 amide bonds. The predicted octanol–water partition coefficient (Wildman–Crippen LogP) is 2.82. The van der Waals surface area contributed by atoms with E-state index in [0.717, 1.165) is 0 Å². The standard InChI is InChI=1S/C16H24ClNO4S/c1-12(2)22-11-5-10-18-15(19)16(3,4)23(20,21)14-8-6-13(17)7-9-14/h6-9,12H,5,10-11H2,1-4H3,(H,18,19). The highest BCUT2D eigenvalue weighted by molar-refractivity contribution is 7.93. The van der Waals surface area contributed by atoms with Gasteiger partial charge in [0.2, 0.25) is 5.91 Å². The third-order valence-electron chi connectivity index (χ3n) is 3.40. The number of nitrogens with one attached hydrogen (secondary N) is 1. The minimum Gasteiger partial charge on any atom is -0.379 e. The summed E-state index contributed by atoms with van der Waals surface area (Å²) in [7, 11) is -3.81. The number of halogens is 1. The lowest BCUT2D eigenvalue weighted by atomic mass is 10.2. The van der Waals surface area contributed by atoms with Crippen LogP contribution in [0, 0.1) is 0 Å². The first kappa shape index (κ1) is 19.9. The largest absolute Gasteiger partial charge is 0.379 e. The molecule has 0 atom stereocenters. The van der Waals surface area contributed by atoms with Gasteiger partial charge in [-0.25, -0.2) is 8.42 Å². The number of hydrogen-bond acceptors (Lipinski definition) is 4. The van der Waals surface area contributed by atoms with Crippen LogP contribution in [0.2, 0.25) is 5.02 Å². The van der Waals surface area contributed by atoms with Crippen LogP contribution >= 0.6 is 11.6 Å². The lowest BCUT2D eigenvalue weighted by molar-refractivity contribution is -0.122. The molecule has 0 fully saturated rings. The second-order valence-corrected chi connectivity index (χ2v) is 8.93. The molecule has 0 radical (unpaired) electrons. The zero-order chi connectivity index (χ0) is 17.7. The summed E-state index contributed by atoms with van der Waals surface area (Å²) in [6, 6.07) is 5.80. The molecule has 0 spiro atoms. The molecular weight excluding hydrogens is 338 g/mol. The Balaban J connectivity index is 2.72. The van der Waals surface area contributed by atoms with Crippen LogP contribution < -0.4 is 5.32 Å². The van der Waals surface area contributed by atoms with Gasteiger partial charge in [-0.2, -0.15) is 0 Å². The van der Waals surface area contributed by atoms with Crippen LogP contribution in [-0.2, 0) is 19.4 Å².